The van der Waals surface area contributed by atoms with Gasteiger partial charge in [0.2, 0.25) is 0 Å². The maximum absolute atomic E-state index is 13.5. The summed E-state index contributed by atoms with van der Waals surface area (Å²) in [5, 5.41) is 3.63. The molecule has 32 heavy (non-hydrogen) atoms. The topological polar surface area (TPSA) is 58.6 Å². The van der Waals surface area contributed by atoms with Gasteiger partial charge in [-0.25, -0.2) is 0 Å². The van der Waals surface area contributed by atoms with Crippen molar-refractivity contribution in [3.63, 3.8) is 0 Å². The van der Waals surface area contributed by atoms with Gasteiger partial charge in [-0.05, 0) is 48.7 Å². The van der Waals surface area contributed by atoms with Crippen molar-refractivity contribution in [3.8, 4) is 5.75 Å². The van der Waals surface area contributed by atoms with Crippen molar-refractivity contribution in [2.75, 3.05) is 12.4 Å². The third-order valence-corrected chi connectivity index (χ3v) is 5.66. The van der Waals surface area contributed by atoms with Gasteiger partial charge in [0.15, 0.2) is 0 Å². The quantitative estimate of drug-likeness (QED) is 0.518. The molecule has 0 fully saturated rings. The van der Waals surface area contributed by atoms with Crippen molar-refractivity contribution in [2.24, 2.45) is 0 Å². The van der Waals surface area contributed by atoms with E-state index in [2.05, 4.69) is 5.32 Å². The number of methoxy groups -OCH3 is 1. The van der Waals surface area contributed by atoms with E-state index in [1.807, 2.05) is 62.4 Å². The van der Waals surface area contributed by atoms with Crippen molar-refractivity contribution in [3.05, 3.63) is 99.7 Å². The lowest BCUT2D eigenvalue weighted by atomic mass is 9.97. The minimum Gasteiger partial charge on any atom is -0.495 e. The van der Waals surface area contributed by atoms with Gasteiger partial charge in [-0.3, -0.25) is 14.5 Å². The highest BCUT2D eigenvalue weighted by Crippen LogP contribution is 2.36. The molecule has 6 heteroatoms. The molecular formula is C26H23ClN2O3. The highest BCUT2D eigenvalue weighted by molar-refractivity contribution is 6.37. The van der Waals surface area contributed by atoms with E-state index in [9.17, 15) is 9.59 Å². The zero-order valence-corrected chi connectivity index (χ0v) is 18.9. The Morgan fingerprint density at radius 3 is 2.38 bits per heavy atom. The molecule has 0 aliphatic carbocycles. The maximum atomic E-state index is 13.5. The van der Waals surface area contributed by atoms with Gasteiger partial charge in [0.25, 0.3) is 11.8 Å². The molecule has 3 aromatic rings. The second-order valence-corrected chi connectivity index (χ2v) is 8.16. The molecule has 162 valence electrons. The summed E-state index contributed by atoms with van der Waals surface area (Å²) >= 11 is 6.18. The first-order valence-electron chi connectivity index (χ1n) is 10.2. The molecule has 0 saturated carbocycles. The number of nitrogens with zero attached hydrogens (tertiary/aromatic N) is 1. The largest absolute Gasteiger partial charge is 0.495 e. The van der Waals surface area contributed by atoms with Crippen molar-refractivity contribution in [1.29, 1.82) is 0 Å². The number of ether oxygens (including phenoxy) is 1. The molecule has 0 bridgehead atoms. The van der Waals surface area contributed by atoms with E-state index in [4.69, 9.17) is 16.3 Å². The molecule has 0 radical (unpaired) electrons. The standard InChI is InChI=1S/C26H23ClN2O3/c1-16-9-11-20(17(2)13-16)23-24(28-21-14-19(27)10-12-22(21)32-3)26(31)29(25(23)30)15-18-7-5-4-6-8-18/h4-14,28H,15H2,1-3H3. The highest BCUT2D eigenvalue weighted by atomic mass is 35.5. The van der Waals surface area contributed by atoms with E-state index < -0.39 is 5.91 Å². The van der Waals surface area contributed by atoms with Crippen LogP contribution in [0.5, 0.6) is 5.75 Å². The van der Waals surface area contributed by atoms with Gasteiger partial charge >= 0.3 is 0 Å². The summed E-state index contributed by atoms with van der Waals surface area (Å²) in [4.78, 5) is 28.3. The molecule has 0 aromatic heterocycles. The number of nitrogens with one attached hydrogen (secondary N) is 1. The van der Waals surface area contributed by atoms with E-state index in [0.29, 0.717) is 27.6 Å². The zero-order valence-electron chi connectivity index (χ0n) is 18.1. The average Bonchev–Trinajstić information content (AvgIpc) is 2.99. The summed E-state index contributed by atoms with van der Waals surface area (Å²) in [5.74, 6) is -0.214. The number of carbonyl (C=O) groups excluding carboxylic acids is 2. The van der Waals surface area contributed by atoms with Gasteiger partial charge < -0.3 is 10.1 Å². The molecule has 2 amide bonds. The number of benzene rings is 3. The van der Waals surface area contributed by atoms with Gasteiger partial charge in [-0.2, -0.15) is 0 Å². The first-order valence-corrected chi connectivity index (χ1v) is 10.6. The molecule has 0 saturated heterocycles. The molecule has 0 spiro atoms. The number of anilines is 1. The minimum atomic E-state index is -0.393. The monoisotopic (exact) mass is 446 g/mol. The van der Waals surface area contributed by atoms with Crippen LogP contribution in [0, 0.1) is 13.8 Å². The summed E-state index contributed by atoms with van der Waals surface area (Å²) in [7, 11) is 1.54. The van der Waals surface area contributed by atoms with Gasteiger partial charge in [-0.1, -0.05) is 65.7 Å². The summed E-state index contributed by atoms with van der Waals surface area (Å²) in [6, 6.07) is 20.4. The van der Waals surface area contributed by atoms with Gasteiger partial charge in [0.05, 0.1) is 24.9 Å². The highest BCUT2D eigenvalue weighted by Gasteiger charge is 2.40. The second-order valence-electron chi connectivity index (χ2n) is 7.72. The fourth-order valence-corrected chi connectivity index (χ4v) is 4.03. The fourth-order valence-electron chi connectivity index (χ4n) is 3.86. The van der Waals surface area contributed by atoms with Crippen LogP contribution in [0.15, 0.2) is 72.4 Å². The Hall–Kier alpha value is -3.57. The van der Waals surface area contributed by atoms with Crippen LogP contribution in [-0.4, -0.2) is 23.8 Å². The summed E-state index contributed by atoms with van der Waals surface area (Å²) in [5.41, 5.74) is 4.64. The molecule has 1 aliphatic heterocycles. The Morgan fingerprint density at radius 1 is 0.938 bits per heavy atom. The van der Waals surface area contributed by atoms with E-state index >= 15 is 0 Å². The molecule has 0 unspecified atom stereocenters. The van der Waals surface area contributed by atoms with E-state index in [1.54, 1.807) is 18.2 Å². The first kappa shape index (κ1) is 21.7. The summed E-state index contributed by atoms with van der Waals surface area (Å²) < 4.78 is 5.42. The number of imide groups is 1. The van der Waals surface area contributed by atoms with Crippen LogP contribution in [0.25, 0.3) is 5.57 Å². The number of halogens is 1. The number of rotatable bonds is 6. The van der Waals surface area contributed by atoms with Crippen molar-refractivity contribution in [1.82, 2.24) is 4.90 Å². The molecule has 1 aliphatic rings. The molecule has 1 heterocycles. The van der Waals surface area contributed by atoms with Crippen LogP contribution in [0.1, 0.15) is 22.3 Å². The Bertz CT molecular complexity index is 1240. The van der Waals surface area contributed by atoms with Crippen LogP contribution in [0.3, 0.4) is 0 Å². The lowest BCUT2D eigenvalue weighted by molar-refractivity contribution is -0.137. The van der Waals surface area contributed by atoms with E-state index in [1.165, 1.54) is 12.0 Å². The third kappa shape index (κ3) is 4.12. The Morgan fingerprint density at radius 2 is 1.69 bits per heavy atom. The van der Waals surface area contributed by atoms with Gasteiger partial charge in [-0.15, -0.1) is 0 Å². The van der Waals surface area contributed by atoms with E-state index in [0.717, 1.165) is 16.7 Å². The summed E-state index contributed by atoms with van der Waals surface area (Å²) in [6.45, 7) is 4.11. The van der Waals surface area contributed by atoms with E-state index in [-0.39, 0.29) is 18.1 Å². The Balaban J connectivity index is 1.82. The van der Waals surface area contributed by atoms with Crippen molar-refractivity contribution in [2.45, 2.75) is 20.4 Å². The van der Waals surface area contributed by atoms with Crippen LogP contribution in [0.2, 0.25) is 5.02 Å². The lowest BCUT2D eigenvalue weighted by Gasteiger charge is -2.16. The Labute approximate surface area is 192 Å². The maximum Gasteiger partial charge on any atom is 0.278 e. The zero-order chi connectivity index (χ0) is 22.8. The number of amides is 2. The molecule has 1 N–H and O–H groups in total. The lowest BCUT2D eigenvalue weighted by Crippen LogP contribution is -2.32. The van der Waals surface area contributed by atoms with Crippen molar-refractivity contribution >= 4 is 34.7 Å². The number of aryl methyl sites for hydroxylation is 2. The predicted molar refractivity (Wildman–Crippen MR) is 126 cm³/mol. The van der Waals surface area contributed by atoms with Crippen LogP contribution in [-0.2, 0) is 16.1 Å². The smallest absolute Gasteiger partial charge is 0.278 e. The normalized spacial score (nSPS) is 13.7. The molecule has 5 nitrogen and oxygen atoms in total. The predicted octanol–water partition coefficient (Wildman–Crippen LogP) is 5.36. The van der Waals surface area contributed by atoms with Gasteiger partial charge in [0.1, 0.15) is 11.4 Å². The first-order chi connectivity index (χ1) is 15.4. The van der Waals surface area contributed by atoms with Crippen LogP contribution >= 0.6 is 11.6 Å². The minimum absolute atomic E-state index is 0.185. The molecule has 4 rings (SSSR count). The number of hydrogen-bond donors (Lipinski definition) is 1. The average molecular weight is 447 g/mol. The van der Waals surface area contributed by atoms with Crippen LogP contribution in [0.4, 0.5) is 5.69 Å². The Kier molecular flexibility index (Phi) is 6.01. The number of carbonyl (C=O) groups is 2. The molecule has 3 aromatic carbocycles. The number of hydrogen-bond acceptors (Lipinski definition) is 4. The van der Waals surface area contributed by atoms with Gasteiger partial charge in [0, 0.05) is 5.02 Å². The molecular weight excluding hydrogens is 424 g/mol. The fraction of sp³-hybridized carbons (Fsp3) is 0.154. The summed E-state index contributed by atoms with van der Waals surface area (Å²) in [6.07, 6.45) is 0. The second kappa shape index (κ2) is 8.89. The molecule has 0 atom stereocenters. The van der Waals surface area contributed by atoms with Crippen LogP contribution < -0.4 is 10.1 Å². The van der Waals surface area contributed by atoms with Crippen molar-refractivity contribution < 1.29 is 14.3 Å². The third-order valence-electron chi connectivity index (χ3n) is 5.42. The SMILES string of the molecule is COc1ccc(Cl)cc1NC1=C(c2ccc(C)cc2C)C(=O)N(Cc2ccccc2)C1=O.